The van der Waals surface area contributed by atoms with Crippen molar-refractivity contribution in [3.63, 3.8) is 0 Å². The van der Waals surface area contributed by atoms with Gasteiger partial charge in [-0.15, -0.1) is 0 Å². The van der Waals surface area contributed by atoms with Crippen LogP contribution in [0.5, 0.6) is 0 Å². The third-order valence-electron chi connectivity index (χ3n) is 4.15. The number of hydrogen-bond donors (Lipinski definition) is 0. The summed E-state index contributed by atoms with van der Waals surface area (Å²) in [4.78, 5) is 26.0. The average Bonchev–Trinajstić information content (AvgIpc) is 2.59. The lowest BCUT2D eigenvalue weighted by atomic mass is 9.89. The number of carbonyl (C=O) groups excluding carboxylic acids is 1. The minimum absolute atomic E-state index is 0.0839. The fourth-order valence-corrected chi connectivity index (χ4v) is 3.18. The Bertz CT molecular complexity index is 1100. The minimum Gasteiger partial charge on any atom is -0.287 e. The molecule has 5 rings (SSSR count). The number of benzene rings is 1. The highest BCUT2D eigenvalue weighted by atomic mass is 16.1. The van der Waals surface area contributed by atoms with Crippen molar-refractivity contribution >= 4 is 27.5 Å². The Balaban J connectivity index is 2.09. The molecule has 4 heteroatoms. The van der Waals surface area contributed by atoms with Crippen molar-refractivity contribution in [1.82, 2.24) is 15.0 Å². The van der Waals surface area contributed by atoms with Crippen LogP contribution >= 0.6 is 0 Å². The zero-order chi connectivity index (χ0) is 14.7. The Morgan fingerprint density at radius 1 is 0.818 bits per heavy atom. The molecule has 1 aliphatic rings. The maximum atomic E-state index is 12.8. The summed E-state index contributed by atoms with van der Waals surface area (Å²) in [6.07, 6.45) is 5.07. The molecule has 0 amide bonds. The number of hydrogen-bond acceptors (Lipinski definition) is 4. The van der Waals surface area contributed by atoms with Crippen LogP contribution in [0.1, 0.15) is 16.1 Å². The van der Waals surface area contributed by atoms with Crippen LogP contribution in [-0.2, 0) is 0 Å². The molecule has 4 aromatic rings. The molecular formula is C18H9N3O. The molecule has 3 aromatic heterocycles. The number of aromatic nitrogens is 3. The van der Waals surface area contributed by atoms with Crippen LogP contribution in [0.2, 0.25) is 0 Å². The van der Waals surface area contributed by atoms with E-state index in [0.29, 0.717) is 11.3 Å². The van der Waals surface area contributed by atoms with Crippen molar-refractivity contribution in [2.24, 2.45) is 0 Å². The topological polar surface area (TPSA) is 55.7 Å². The largest absolute Gasteiger partial charge is 0.287 e. The van der Waals surface area contributed by atoms with Gasteiger partial charge in [-0.05, 0) is 23.6 Å². The van der Waals surface area contributed by atoms with Crippen LogP contribution in [0.4, 0.5) is 0 Å². The van der Waals surface area contributed by atoms with Gasteiger partial charge in [-0.1, -0.05) is 18.2 Å². The molecule has 0 radical (unpaired) electrons. The van der Waals surface area contributed by atoms with E-state index in [4.69, 9.17) is 0 Å². The molecule has 1 aromatic carbocycles. The number of carbonyl (C=O) groups is 1. The highest BCUT2D eigenvalue weighted by Crippen LogP contribution is 2.38. The van der Waals surface area contributed by atoms with E-state index in [1.54, 1.807) is 18.6 Å². The smallest absolute Gasteiger partial charge is 0.214 e. The van der Waals surface area contributed by atoms with E-state index in [-0.39, 0.29) is 5.78 Å². The average molecular weight is 283 g/mol. The number of fused-ring (bicyclic) bond motifs is 4. The van der Waals surface area contributed by atoms with Gasteiger partial charge in [0.15, 0.2) is 0 Å². The number of para-hydroxylation sites is 1. The van der Waals surface area contributed by atoms with Crippen molar-refractivity contribution in [2.45, 2.75) is 0 Å². The summed E-state index contributed by atoms with van der Waals surface area (Å²) in [5.74, 6) is -0.0839. The number of rotatable bonds is 0. The summed E-state index contributed by atoms with van der Waals surface area (Å²) < 4.78 is 0. The molecule has 0 fully saturated rings. The lowest BCUT2D eigenvalue weighted by Gasteiger charge is -2.18. The lowest BCUT2D eigenvalue weighted by molar-refractivity contribution is 0.103. The maximum absolute atomic E-state index is 12.8. The second-order valence-corrected chi connectivity index (χ2v) is 5.31. The molecule has 0 saturated carbocycles. The molecule has 102 valence electrons. The fraction of sp³-hybridized carbons (Fsp3) is 0. The van der Waals surface area contributed by atoms with Crippen LogP contribution in [0.3, 0.4) is 0 Å². The van der Waals surface area contributed by atoms with Crippen molar-refractivity contribution in [2.75, 3.05) is 0 Å². The van der Waals surface area contributed by atoms with E-state index in [0.717, 1.165) is 32.9 Å². The molecule has 0 bridgehead atoms. The standard InChI is InChI=1S/C18H9N3O/c22-18-13-9-19-7-5-12(13)16-15-11(6-8-20-16)10-3-1-2-4-14(10)21-17(15)18/h1-9H. The maximum Gasteiger partial charge on any atom is 0.214 e. The second-order valence-electron chi connectivity index (χ2n) is 5.31. The summed E-state index contributed by atoms with van der Waals surface area (Å²) in [6.45, 7) is 0. The Kier molecular flexibility index (Phi) is 2.07. The van der Waals surface area contributed by atoms with E-state index >= 15 is 0 Å². The van der Waals surface area contributed by atoms with Crippen LogP contribution in [-0.4, -0.2) is 20.7 Å². The second kappa shape index (κ2) is 3.95. The van der Waals surface area contributed by atoms with Gasteiger partial charge in [-0.2, -0.15) is 0 Å². The summed E-state index contributed by atoms with van der Waals surface area (Å²) >= 11 is 0. The Hall–Kier alpha value is -3.14. The number of pyridine rings is 3. The van der Waals surface area contributed by atoms with Gasteiger partial charge in [0.1, 0.15) is 5.69 Å². The van der Waals surface area contributed by atoms with E-state index in [2.05, 4.69) is 15.0 Å². The van der Waals surface area contributed by atoms with Gasteiger partial charge < -0.3 is 0 Å². The lowest BCUT2D eigenvalue weighted by Crippen LogP contribution is -2.13. The van der Waals surface area contributed by atoms with Crippen LogP contribution in [0, 0.1) is 0 Å². The first kappa shape index (κ1) is 11.5. The SMILES string of the molecule is O=C1c2cnccc2-c2nccc3c2c1nc1ccccc13. The van der Waals surface area contributed by atoms with E-state index in [9.17, 15) is 4.79 Å². The monoisotopic (exact) mass is 283 g/mol. The van der Waals surface area contributed by atoms with Crippen molar-refractivity contribution < 1.29 is 4.79 Å². The predicted octanol–water partition coefficient (Wildman–Crippen LogP) is 3.39. The molecule has 4 nitrogen and oxygen atoms in total. The molecule has 22 heavy (non-hydrogen) atoms. The molecule has 3 heterocycles. The highest BCUT2D eigenvalue weighted by molar-refractivity contribution is 6.27. The van der Waals surface area contributed by atoms with Crippen molar-refractivity contribution in [3.8, 4) is 11.3 Å². The molecular weight excluding hydrogens is 274 g/mol. The first-order valence-electron chi connectivity index (χ1n) is 7.01. The van der Waals surface area contributed by atoms with Crippen molar-refractivity contribution in [3.05, 3.63) is 66.2 Å². The number of nitrogens with zero attached hydrogens (tertiary/aromatic N) is 3. The molecule has 0 aliphatic heterocycles. The van der Waals surface area contributed by atoms with Gasteiger partial charge in [0, 0.05) is 34.9 Å². The van der Waals surface area contributed by atoms with Crippen LogP contribution < -0.4 is 0 Å². The fourth-order valence-electron chi connectivity index (χ4n) is 3.18. The number of ketones is 1. The van der Waals surface area contributed by atoms with Gasteiger partial charge in [0.25, 0.3) is 0 Å². The summed E-state index contributed by atoms with van der Waals surface area (Å²) in [5, 5.41) is 2.89. The summed E-state index contributed by atoms with van der Waals surface area (Å²) in [6, 6.07) is 11.7. The van der Waals surface area contributed by atoms with E-state index in [1.165, 1.54) is 0 Å². The first-order chi connectivity index (χ1) is 10.8. The summed E-state index contributed by atoms with van der Waals surface area (Å²) in [5.41, 5.74) is 3.50. The zero-order valence-corrected chi connectivity index (χ0v) is 11.4. The minimum atomic E-state index is -0.0839. The third-order valence-corrected chi connectivity index (χ3v) is 4.15. The zero-order valence-electron chi connectivity index (χ0n) is 11.4. The molecule has 1 aliphatic carbocycles. The Labute approximate surface area is 125 Å². The van der Waals surface area contributed by atoms with Gasteiger partial charge in [0.2, 0.25) is 5.78 Å². The summed E-state index contributed by atoms with van der Waals surface area (Å²) in [7, 11) is 0. The normalized spacial score (nSPS) is 12.6. The van der Waals surface area contributed by atoms with Crippen LogP contribution in [0.25, 0.3) is 32.9 Å². The Morgan fingerprint density at radius 2 is 1.73 bits per heavy atom. The van der Waals surface area contributed by atoms with Gasteiger partial charge in [-0.3, -0.25) is 14.8 Å². The van der Waals surface area contributed by atoms with Gasteiger partial charge in [0.05, 0.1) is 16.8 Å². The van der Waals surface area contributed by atoms with Crippen molar-refractivity contribution in [1.29, 1.82) is 0 Å². The predicted molar refractivity (Wildman–Crippen MR) is 83.7 cm³/mol. The molecule has 0 spiro atoms. The molecule has 0 unspecified atom stereocenters. The van der Waals surface area contributed by atoms with E-state index in [1.807, 2.05) is 36.4 Å². The van der Waals surface area contributed by atoms with E-state index < -0.39 is 0 Å². The first-order valence-corrected chi connectivity index (χ1v) is 7.01. The molecule has 0 atom stereocenters. The molecule has 0 saturated heterocycles. The quantitative estimate of drug-likeness (QED) is 0.409. The van der Waals surface area contributed by atoms with Gasteiger partial charge in [-0.25, -0.2) is 4.98 Å². The van der Waals surface area contributed by atoms with Crippen LogP contribution in [0.15, 0.2) is 55.0 Å². The highest BCUT2D eigenvalue weighted by Gasteiger charge is 2.28. The Morgan fingerprint density at radius 3 is 2.68 bits per heavy atom. The third kappa shape index (κ3) is 1.31. The van der Waals surface area contributed by atoms with Gasteiger partial charge >= 0.3 is 0 Å². The molecule has 0 N–H and O–H groups in total.